The van der Waals surface area contributed by atoms with Crippen molar-refractivity contribution < 1.29 is 13.7 Å². The highest BCUT2D eigenvalue weighted by Gasteiger charge is 2.55. The maximum absolute atomic E-state index is 11.1. The van der Waals surface area contributed by atoms with E-state index in [0.717, 1.165) is 0 Å². The molecule has 15 heavy (non-hydrogen) atoms. The summed E-state index contributed by atoms with van der Waals surface area (Å²) >= 11 is -2.11. The largest absolute Gasteiger partial charge is 0.305 e. The molecule has 1 heterocycles. The Bertz CT molecular complexity index is 444. The summed E-state index contributed by atoms with van der Waals surface area (Å²) in [4.78, 5) is 14.0. The van der Waals surface area contributed by atoms with Crippen LogP contribution in [-0.2, 0) is 15.8 Å². The van der Waals surface area contributed by atoms with Crippen LogP contribution >= 0.6 is 0 Å². The first-order valence-electron chi connectivity index (χ1n) is 4.29. The van der Waals surface area contributed by atoms with Gasteiger partial charge in [-0.3, -0.25) is 15.1 Å². The Balaban J connectivity index is 2.53. The van der Waals surface area contributed by atoms with Crippen LogP contribution < -0.4 is 0 Å². The van der Waals surface area contributed by atoms with Crippen LogP contribution in [0, 0.1) is 10.1 Å². The predicted octanol–water partition coefficient (Wildman–Crippen LogP) is 1.20. The standard InChI is InChI=1S/C8H8N2O4S/c11-10(12)6-2-1-5-9-7(6)8(3-4-8)15(13)14/h1-2,5H,3-4H2,(H,13,14). The van der Waals surface area contributed by atoms with Crippen molar-refractivity contribution in [2.24, 2.45) is 0 Å². The Kier molecular flexibility index (Phi) is 2.28. The molecule has 0 bridgehead atoms. The van der Waals surface area contributed by atoms with E-state index >= 15 is 0 Å². The molecule has 0 aliphatic heterocycles. The lowest BCUT2D eigenvalue weighted by Crippen LogP contribution is -2.17. The van der Waals surface area contributed by atoms with E-state index < -0.39 is 20.8 Å². The third-order valence-electron chi connectivity index (χ3n) is 2.45. The van der Waals surface area contributed by atoms with Crippen molar-refractivity contribution in [3.8, 4) is 0 Å². The number of nitro groups is 1. The molecule has 1 N–H and O–H groups in total. The lowest BCUT2D eigenvalue weighted by molar-refractivity contribution is -0.386. The van der Waals surface area contributed by atoms with E-state index in [1.165, 1.54) is 18.3 Å². The molecule has 1 aliphatic carbocycles. The van der Waals surface area contributed by atoms with Crippen LogP contribution in [0.1, 0.15) is 18.5 Å². The molecule has 0 aromatic carbocycles. The molecule has 1 aliphatic rings. The molecule has 1 fully saturated rings. The topological polar surface area (TPSA) is 93.3 Å². The van der Waals surface area contributed by atoms with E-state index in [0.29, 0.717) is 12.8 Å². The molecule has 0 saturated heterocycles. The molecule has 1 unspecified atom stereocenters. The van der Waals surface area contributed by atoms with Gasteiger partial charge in [0.15, 0.2) is 11.1 Å². The van der Waals surface area contributed by atoms with Crippen molar-refractivity contribution in [1.29, 1.82) is 0 Å². The van der Waals surface area contributed by atoms with Gasteiger partial charge >= 0.3 is 0 Å². The van der Waals surface area contributed by atoms with Gasteiger partial charge in [-0.2, -0.15) is 0 Å². The molecule has 2 rings (SSSR count). The Morgan fingerprint density at radius 2 is 2.27 bits per heavy atom. The number of rotatable bonds is 3. The SMILES string of the molecule is O=[N+]([O-])c1cccnc1C1(S(=O)O)CC1. The van der Waals surface area contributed by atoms with Crippen molar-refractivity contribution in [3.05, 3.63) is 34.1 Å². The van der Waals surface area contributed by atoms with E-state index in [1.807, 2.05) is 0 Å². The lowest BCUT2D eigenvalue weighted by Gasteiger charge is -2.09. The van der Waals surface area contributed by atoms with Gasteiger partial charge in [-0.05, 0) is 18.9 Å². The third kappa shape index (κ3) is 1.53. The Morgan fingerprint density at radius 3 is 2.73 bits per heavy atom. The maximum atomic E-state index is 11.1. The summed E-state index contributed by atoms with van der Waals surface area (Å²) in [6, 6.07) is 2.74. The number of aromatic nitrogens is 1. The molecule has 80 valence electrons. The summed E-state index contributed by atoms with van der Waals surface area (Å²) in [6.45, 7) is 0. The zero-order valence-electron chi connectivity index (χ0n) is 7.62. The van der Waals surface area contributed by atoms with Crippen molar-refractivity contribution in [2.75, 3.05) is 0 Å². The summed E-state index contributed by atoms with van der Waals surface area (Å²) in [5.41, 5.74) is -0.0618. The molecule has 1 saturated carbocycles. The third-order valence-corrected chi connectivity index (χ3v) is 3.72. The molecule has 6 nitrogen and oxygen atoms in total. The lowest BCUT2D eigenvalue weighted by atomic mass is 10.2. The smallest absolute Gasteiger partial charge is 0.292 e. The van der Waals surface area contributed by atoms with E-state index in [2.05, 4.69) is 4.98 Å². The Morgan fingerprint density at radius 1 is 1.60 bits per heavy atom. The minimum atomic E-state index is -2.11. The van der Waals surface area contributed by atoms with Crippen molar-refractivity contribution in [3.63, 3.8) is 0 Å². The van der Waals surface area contributed by atoms with Gasteiger partial charge in [0.25, 0.3) is 5.69 Å². The Hall–Kier alpha value is -1.34. The normalized spacial score (nSPS) is 19.5. The van der Waals surface area contributed by atoms with Gasteiger partial charge in [-0.1, -0.05) is 0 Å². The minimum absolute atomic E-state index is 0.121. The first-order chi connectivity index (χ1) is 7.08. The van der Waals surface area contributed by atoms with Gasteiger partial charge in [-0.25, -0.2) is 4.21 Å². The fourth-order valence-corrected chi connectivity index (χ4v) is 2.28. The van der Waals surface area contributed by atoms with Crippen LogP contribution in [0.3, 0.4) is 0 Å². The van der Waals surface area contributed by atoms with Crippen LogP contribution in [0.4, 0.5) is 5.69 Å². The quantitative estimate of drug-likeness (QED) is 0.476. The molecule has 1 atom stereocenters. The number of hydrogen-bond donors (Lipinski definition) is 1. The zero-order valence-corrected chi connectivity index (χ0v) is 8.44. The summed E-state index contributed by atoms with van der Waals surface area (Å²) in [7, 11) is 0. The summed E-state index contributed by atoms with van der Waals surface area (Å²) in [5, 5.41) is 10.7. The van der Waals surface area contributed by atoms with E-state index in [4.69, 9.17) is 4.55 Å². The average Bonchev–Trinajstić information content (AvgIpc) is 2.98. The second-order valence-corrected chi connectivity index (χ2v) is 4.65. The number of pyridine rings is 1. The monoisotopic (exact) mass is 228 g/mol. The molecule has 1 aromatic rings. The summed E-state index contributed by atoms with van der Waals surface area (Å²) in [6.07, 6.45) is 2.33. The van der Waals surface area contributed by atoms with Gasteiger partial charge < -0.3 is 4.55 Å². The van der Waals surface area contributed by atoms with Crippen LogP contribution in [-0.4, -0.2) is 18.7 Å². The fraction of sp³-hybridized carbons (Fsp3) is 0.375. The van der Waals surface area contributed by atoms with Gasteiger partial charge in [0.05, 0.1) is 4.92 Å². The van der Waals surface area contributed by atoms with Crippen LogP contribution in [0.25, 0.3) is 0 Å². The van der Waals surface area contributed by atoms with Gasteiger partial charge in [0.2, 0.25) is 0 Å². The highest BCUT2D eigenvalue weighted by atomic mass is 32.2. The van der Waals surface area contributed by atoms with E-state index in [1.54, 1.807) is 0 Å². The number of hydrogen-bond acceptors (Lipinski definition) is 4. The predicted molar refractivity (Wildman–Crippen MR) is 52.6 cm³/mol. The first-order valence-corrected chi connectivity index (χ1v) is 5.39. The molecular weight excluding hydrogens is 220 g/mol. The van der Waals surface area contributed by atoms with Gasteiger partial charge in [-0.15, -0.1) is 0 Å². The summed E-state index contributed by atoms with van der Waals surface area (Å²) in [5.74, 6) is 0. The Labute approximate surface area is 87.8 Å². The van der Waals surface area contributed by atoms with Crippen molar-refractivity contribution in [1.82, 2.24) is 4.98 Å². The van der Waals surface area contributed by atoms with E-state index in [-0.39, 0.29) is 11.4 Å². The molecule has 0 spiro atoms. The molecule has 7 heteroatoms. The fourth-order valence-electron chi connectivity index (χ4n) is 1.50. The highest BCUT2D eigenvalue weighted by molar-refractivity contribution is 7.80. The molecule has 1 aromatic heterocycles. The first kappa shape index (κ1) is 10.2. The summed E-state index contributed by atoms with van der Waals surface area (Å²) < 4.78 is 19.2. The van der Waals surface area contributed by atoms with E-state index in [9.17, 15) is 14.3 Å². The number of nitrogens with zero attached hydrogens (tertiary/aromatic N) is 2. The van der Waals surface area contributed by atoms with Gasteiger partial charge in [0.1, 0.15) is 10.4 Å². The second-order valence-electron chi connectivity index (χ2n) is 3.37. The van der Waals surface area contributed by atoms with Crippen LogP contribution in [0.2, 0.25) is 0 Å². The maximum Gasteiger partial charge on any atom is 0.292 e. The van der Waals surface area contributed by atoms with Crippen LogP contribution in [0.15, 0.2) is 18.3 Å². The molecule has 0 radical (unpaired) electrons. The van der Waals surface area contributed by atoms with Crippen molar-refractivity contribution in [2.45, 2.75) is 17.6 Å². The van der Waals surface area contributed by atoms with Crippen molar-refractivity contribution >= 4 is 16.8 Å². The molecular formula is C8H8N2O4S. The second kappa shape index (κ2) is 3.35. The van der Waals surface area contributed by atoms with Crippen LogP contribution in [0.5, 0.6) is 0 Å². The molecule has 0 amide bonds. The average molecular weight is 228 g/mol. The zero-order chi connectivity index (χ0) is 11.1. The highest BCUT2D eigenvalue weighted by Crippen LogP contribution is 2.52. The van der Waals surface area contributed by atoms with Gasteiger partial charge in [0, 0.05) is 12.3 Å². The minimum Gasteiger partial charge on any atom is -0.305 e.